The van der Waals surface area contributed by atoms with Crippen molar-refractivity contribution >= 4 is 11.6 Å². The first kappa shape index (κ1) is 13.1. The van der Waals surface area contributed by atoms with Gasteiger partial charge in [-0.25, -0.2) is 9.97 Å². The summed E-state index contributed by atoms with van der Waals surface area (Å²) in [7, 11) is 0. The van der Waals surface area contributed by atoms with Crippen LogP contribution in [0, 0.1) is 0 Å². The Morgan fingerprint density at radius 2 is 2.33 bits per heavy atom. The normalized spacial score (nSPS) is 19.2. The highest BCUT2D eigenvalue weighted by Crippen LogP contribution is 2.18. The molecule has 0 spiro atoms. The minimum atomic E-state index is 0.279. The van der Waals surface area contributed by atoms with Gasteiger partial charge in [0.25, 0.3) is 0 Å². The molecule has 0 bridgehead atoms. The third kappa shape index (κ3) is 3.57. The molecule has 1 aliphatic heterocycles. The van der Waals surface area contributed by atoms with Gasteiger partial charge in [0.1, 0.15) is 18.0 Å². The summed E-state index contributed by atoms with van der Waals surface area (Å²) in [5.41, 5.74) is 5.91. The minimum absolute atomic E-state index is 0.279. The number of unbranched alkanes of at least 4 members (excludes halogenated alkanes) is 2. The van der Waals surface area contributed by atoms with Crippen LogP contribution in [-0.4, -0.2) is 35.6 Å². The SMILES string of the molecule is CCCCCNc1cc(N2CCC(N)C2)ncn1. The fourth-order valence-corrected chi connectivity index (χ4v) is 2.20. The molecule has 1 aromatic heterocycles. The number of anilines is 2. The third-order valence-electron chi connectivity index (χ3n) is 3.29. The highest BCUT2D eigenvalue weighted by atomic mass is 15.2. The third-order valence-corrected chi connectivity index (χ3v) is 3.29. The molecule has 5 nitrogen and oxygen atoms in total. The Morgan fingerprint density at radius 1 is 1.44 bits per heavy atom. The second-order valence-electron chi connectivity index (χ2n) is 4.89. The second kappa shape index (κ2) is 6.54. The zero-order valence-electron chi connectivity index (χ0n) is 11.1. The number of nitrogens with one attached hydrogen (secondary N) is 1. The monoisotopic (exact) mass is 249 g/mol. The molecular formula is C13H23N5. The van der Waals surface area contributed by atoms with Gasteiger partial charge in [0.2, 0.25) is 0 Å². The average molecular weight is 249 g/mol. The maximum atomic E-state index is 5.91. The molecule has 1 unspecified atom stereocenters. The molecule has 5 heteroatoms. The summed E-state index contributed by atoms with van der Waals surface area (Å²) < 4.78 is 0. The topological polar surface area (TPSA) is 67.1 Å². The predicted molar refractivity (Wildman–Crippen MR) is 74.9 cm³/mol. The maximum Gasteiger partial charge on any atom is 0.134 e. The van der Waals surface area contributed by atoms with Crippen LogP contribution in [0.25, 0.3) is 0 Å². The fraction of sp³-hybridized carbons (Fsp3) is 0.692. The number of hydrogen-bond donors (Lipinski definition) is 2. The van der Waals surface area contributed by atoms with E-state index in [1.165, 1.54) is 19.3 Å². The van der Waals surface area contributed by atoms with E-state index in [9.17, 15) is 0 Å². The molecule has 2 rings (SSSR count). The van der Waals surface area contributed by atoms with E-state index >= 15 is 0 Å². The van der Waals surface area contributed by atoms with Crippen molar-refractivity contribution in [3.05, 3.63) is 12.4 Å². The van der Waals surface area contributed by atoms with Crippen LogP contribution in [0.1, 0.15) is 32.6 Å². The Morgan fingerprint density at radius 3 is 3.06 bits per heavy atom. The standard InChI is InChI=1S/C13H23N5/c1-2-3-4-6-15-12-8-13(17-10-16-12)18-7-5-11(14)9-18/h8,10-11H,2-7,9,14H2,1H3,(H,15,16,17). The van der Waals surface area contributed by atoms with Gasteiger partial charge < -0.3 is 16.0 Å². The summed E-state index contributed by atoms with van der Waals surface area (Å²) in [5.74, 6) is 1.90. The van der Waals surface area contributed by atoms with Crippen LogP contribution in [0.15, 0.2) is 12.4 Å². The van der Waals surface area contributed by atoms with Crippen LogP contribution in [-0.2, 0) is 0 Å². The molecule has 0 amide bonds. The van der Waals surface area contributed by atoms with Gasteiger partial charge in [0.05, 0.1) is 0 Å². The van der Waals surface area contributed by atoms with Crippen LogP contribution in [0.2, 0.25) is 0 Å². The highest BCUT2D eigenvalue weighted by molar-refractivity contribution is 5.49. The minimum Gasteiger partial charge on any atom is -0.370 e. The van der Waals surface area contributed by atoms with Crippen LogP contribution >= 0.6 is 0 Å². The summed E-state index contributed by atoms with van der Waals surface area (Å²) >= 11 is 0. The lowest BCUT2D eigenvalue weighted by Gasteiger charge is -2.17. The van der Waals surface area contributed by atoms with Crippen LogP contribution in [0.4, 0.5) is 11.6 Å². The highest BCUT2D eigenvalue weighted by Gasteiger charge is 2.20. The van der Waals surface area contributed by atoms with Crippen molar-refractivity contribution in [1.82, 2.24) is 9.97 Å². The molecule has 2 heterocycles. The smallest absolute Gasteiger partial charge is 0.134 e. The second-order valence-corrected chi connectivity index (χ2v) is 4.89. The van der Waals surface area contributed by atoms with Crippen molar-refractivity contribution in [2.75, 3.05) is 29.9 Å². The van der Waals surface area contributed by atoms with Gasteiger partial charge in [-0.2, -0.15) is 0 Å². The Kier molecular flexibility index (Phi) is 4.75. The van der Waals surface area contributed by atoms with E-state index < -0.39 is 0 Å². The summed E-state index contributed by atoms with van der Waals surface area (Å²) in [6, 6.07) is 2.30. The van der Waals surface area contributed by atoms with E-state index in [1.807, 2.05) is 6.07 Å². The van der Waals surface area contributed by atoms with Crippen molar-refractivity contribution < 1.29 is 0 Å². The molecule has 18 heavy (non-hydrogen) atoms. The molecule has 1 aliphatic rings. The number of nitrogens with two attached hydrogens (primary N) is 1. The van der Waals surface area contributed by atoms with Gasteiger partial charge in [0, 0.05) is 31.7 Å². The number of rotatable bonds is 6. The fourth-order valence-electron chi connectivity index (χ4n) is 2.20. The zero-order chi connectivity index (χ0) is 12.8. The quantitative estimate of drug-likeness (QED) is 0.750. The van der Waals surface area contributed by atoms with Gasteiger partial charge in [0.15, 0.2) is 0 Å². The molecule has 0 aliphatic carbocycles. The van der Waals surface area contributed by atoms with E-state index in [0.717, 1.165) is 37.7 Å². The lowest BCUT2D eigenvalue weighted by atomic mass is 10.2. The van der Waals surface area contributed by atoms with Crippen molar-refractivity contribution in [3.63, 3.8) is 0 Å². The Hall–Kier alpha value is -1.36. The van der Waals surface area contributed by atoms with E-state index in [0.29, 0.717) is 0 Å². The molecular weight excluding hydrogens is 226 g/mol. The average Bonchev–Trinajstić information content (AvgIpc) is 2.82. The summed E-state index contributed by atoms with van der Waals surface area (Å²) in [5, 5.41) is 3.35. The molecule has 1 fully saturated rings. The van der Waals surface area contributed by atoms with Crippen molar-refractivity contribution in [2.24, 2.45) is 5.73 Å². The molecule has 1 atom stereocenters. The van der Waals surface area contributed by atoms with Crippen molar-refractivity contribution in [1.29, 1.82) is 0 Å². The zero-order valence-corrected chi connectivity index (χ0v) is 11.1. The van der Waals surface area contributed by atoms with Crippen LogP contribution in [0.5, 0.6) is 0 Å². The Labute approximate surface area is 109 Å². The molecule has 0 aromatic carbocycles. The first-order valence-electron chi connectivity index (χ1n) is 6.86. The number of nitrogens with zero attached hydrogens (tertiary/aromatic N) is 3. The molecule has 0 radical (unpaired) electrons. The summed E-state index contributed by atoms with van der Waals surface area (Å²) in [6.45, 7) is 5.07. The van der Waals surface area contributed by atoms with Crippen molar-refractivity contribution in [2.45, 2.75) is 38.6 Å². The van der Waals surface area contributed by atoms with Gasteiger partial charge in [-0.15, -0.1) is 0 Å². The number of aromatic nitrogens is 2. The largest absolute Gasteiger partial charge is 0.370 e. The van der Waals surface area contributed by atoms with E-state index in [-0.39, 0.29) is 6.04 Å². The predicted octanol–water partition coefficient (Wildman–Crippen LogP) is 1.62. The van der Waals surface area contributed by atoms with Crippen molar-refractivity contribution in [3.8, 4) is 0 Å². The molecule has 1 aromatic rings. The Bertz CT molecular complexity index is 368. The lowest BCUT2D eigenvalue weighted by Crippen LogP contribution is -2.27. The van der Waals surface area contributed by atoms with Crippen LogP contribution < -0.4 is 16.0 Å². The number of hydrogen-bond acceptors (Lipinski definition) is 5. The molecule has 3 N–H and O–H groups in total. The first-order chi connectivity index (χ1) is 8.79. The van der Waals surface area contributed by atoms with E-state index in [1.54, 1.807) is 6.33 Å². The lowest BCUT2D eigenvalue weighted by molar-refractivity contribution is 0.741. The van der Waals surface area contributed by atoms with Crippen LogP contribution in [0.3, 0.4) is 0 Å². The van der Waals surface area contributed by atoms with Gasteiger partial charge in [-0.3, -0.25) is 0 Å². The Balaban J connectivity index is 1.89. The van der Waals surface area contributed by atoms with Gasteiger partial charge >= 0.3 is 0 Å². The molecule has 1 saturated heterocycles. The van der Waals surface area contributed by atoms with E-state index in [2.05, 4.69) is 27.1 Å². The maximum absolute atomic E-state index is 5.91. The van der Waals surface area contributed by atoms with Gasteiger partial charge in [-0.1, -0.05) is 19.8 Å². The molecule has 100 valence electrons. The summed E-state index contributed by atoms with van der Waals surface area (Å²) in [4.78, 5) is 10.8. The van der Waals surface area contributed by atoms with Gasteiger partial charge in [-0.05, 0) is 12.8 Å². The summed E-state index contributed by atoms with van der Waals surface area (Å²) in [6.07, 6.45) is 6.35. The van der Waals surface area contributed by atoms with E-state index in [4.69, 9.17) is 5.73 Å². The molecule has 0 saturated carbocycles. The first-order valence-corrected chi connectivity index (χ1v) is 6.86.